The van der Waals surface area contributed by atoms with Crippen molar-refractivity contribution in [1.82, 2.24) is 15.1 Å². The summed E-state index contributed by atoms with van der Waals surface area (Å²) in [6, 6.07) is 12.3. The summed E-state index contributed by atoms with van der Waals surface area (Å²) in [5.74, 6) is 0.737. The number of piperazine rings is 1. The van der Waals surface area contributed by atoms with E-state index in [1.165, 1.54) is 0 Å². The van der Waals surface area contributed by atoms with Crippen LogP contribution in [0.4, 0.5) is 5.69 Å². The molecule has 2 aromatic carbocycles. The smallest absolute Gasteiger partial charge is 0.257 e. The number of benzene rings is 2. The third-order valence-corrected chi connectivity index (χ3v) is 5.98. The molecule has 7 nitrogen and oxygen atoms in total. The quantitative estimate of drug-likeness (QED) is 0.547. The summed E-state index contributed by atoms with van der Waals surface area (Å²) in [6.45, 7) is 7.87. The van der Waals surface area contributed by atoms with Crippen molar-refractivity contribution in [3.05, 3.63) is 58.1 Å². The fourth-order valence-electron chi connectivity index (χ4n) is 3.28. The molecule has 3 rings (SSSR count). The monoisotopic (exact) mass is 532 g/mol. The molecule has 1 saturated heterocycles. The number of rotatable bonds is 6. The van der Waals surface area contributed by atoms with Crippen LogP contribution in [0, 0.1) is 5.92 Å². The molecule has 2 N–H and O–H groups in total. The van der Waals surface area contributed by atoms with E-state index in [9.17, 15) is 9.59 Å². The Morgan fingerprint density at radius 1 is 1.09 bits per heavy atom. The number of ether oxygens (including phenoxy) is 1. The van der Waals surface area contributed by atoms with Crippen LogP contribution < -0.4 is 15.4 Å². The number of carbonyl (C=O) groups excluding carboxylic acids is 2. The molecule has 9 heteroatoms. The molecule has 176 valence electrons. The third kappa shape index (κ3) is 7.25. The zero-order chi connectivity index (χ0) is 24.0. The zero-order valence-electron chi connectivity index (χ0n) is 19.1. The second-order valence-electron chi connectivity index (χ2n) is 8.43. The van der Waals surface area contributed by atoms with Crippen molar-refractivity contribution in [1.29, 1.82) is 0 Å². The van der Waals surface area contributed by atoms with Gasteiger partial charge in [-0.15, -0.1) is 0 Å². The first-order valence-electron chi connectivity index (χ1n) is 10.9. The predicted octanol–water partition coefficient (Wildman–Crippen LogP) is 4.00. The molecule has 0 saturated carbocycles. The van der Waals surface area contributed by atoms with Crippen molar-refractivity contribution >= 4 is 50.8 Å². The van der Waals surface area contributed by atoms with Crippen LogP contribution in [0.3, 0.4) is 0 Å². The number of nitrogens with zero attached hydrogens (tertiary/aromatic N) is 2. The van der Waals surface area contributed by atoms with Gasteiger partial charge in [-0.2, -0.15) is 0 Å². The van der Waals surface area contributed by atoms with Crippen LogP contribution in [0.1, 0.15) is 34.6 Å². The highest BCUT2D eigenvalue weighted by molar-refractivity contribution is 9.10. The topological polar surface area (TPSA) is 73.9 Å². The number of nitrogens with one attached hydrogen (secondary N) is 2. The van der Waals surface area contributed by atoms with Gasteiger partial charge >= 0.3 is 0 Å². The largest absolute Gasteiger partial charge is 0.492 e. The first kappa shape index (κ1) is 25.1. The summed E-state index contributed by atoms with van der Waals surface area (Å²) in [4.78, 5) is 29.5. The van der Waals surface area contributed by atoms with Crippen molar-refractivity contribution in [2.24, 2.45) is 5.92 Å². The summed E-state index contributed by atoms with van der Waals surface area (Å²) in [7, 11) is 2.05. The lowest BCUT2D eigenvalue weighted by Crippen LogP contribution is -2.47. The summed E-state index contributed by atoms with van der Waals surface area (Å²) in [5, 5.41) is 5.82. The summed E-state index contributed by atoms with van der Waals surface area (Å²) >= 11 is 8.76. The molecule has 0 atom stereocenters. The maximum Gasteiger partial charge on any atom is 0.257 e. The van der Waals surface area contributed by atoms with E-state index in [-0.39, 0.29) is 16.9 Å². The molecule has 0 bridgehead atoms. The van der Waals surface area contributed by atoms with E-state index >= 15 is 0 Å². The van der Waals surface area contributed by atoms with Crippen molar-refractivity contribution < 1.29 is 14.3 Å². The molecule has 1 fully saturated rings. The van der Waals surface area contributed by atoms with Gasteiger partial charge < -0.3 is 19.9 Å². The number of anilines is 1. The van der Waals surface area contributed by atoms with E-state index in [1.807, 2.05) is 4.90 Å². The van der Waals surface area contributed by atoms with Gasteiger partial charge in [-0.1, -0.05) is 19.9 Å². The molecule has 0 spiro atoms. The zero-order valence-corrected chi connectivity index (χ0v) is 21.5. The molecule has 0 aromatic heterocycles. The molecular formula is C24H29BrN4O3S. The molecule has 2 amide bonds. The van der Waals surface area contributed by atoms with Crippen molar-refractivity contribution in [3.8, 4) is 5.75 Å². The first-order valence-corrected chi connectivity index (χ1v) is 12.1. The minimum absolute atomic E-state index is 0.00803. The highest BCUT2D eigenvalue weighted by atomic mass is 79.9. The average Bonchev–Trinajstić information content (AvgIpc) is 2.78. The van der Waals surface area contributed by atoms with Crippen molar-refractivity contribution in [2.75, 3.05) is 45.2 Å². The van der Waals surface area contributed by atoms with E-state index in [0.29, 0.717) is 52.7 Å². The first-order chi connectivity index (χ1) is 15.7. The van der Waals surface area contributed by atoms with E-state index in [1.54, 1.807) is 42.5 Å². The maximum absolute atomic E-state index is 12.8. The summed E-state index contributed by atoms with van der Waals surface area (Å²) < 4.78 is 6.42. The van der Waals surface area contributed by atoms with Crippen LogP contribution in [0.5, 0.6) is 5.75 Å². The summed E-state index contributed by atoms with van der Waals surface area (Å²) in [6.07, 6.45) is 0. The summed E-state index contributed by atoms with van der Waals surface area (Å²) in [5.41, 5.74) is 1.67. The molecule has 0 unspecified atom stereocenters. The Morgan fingerprint density at radius 2 is 1.82 bits per heavy atom. The second kappa shape index (κ2) is 11.6. The Hall–Kier alpha value is -2.49. The average molecular weight is 533 g/mol. The number of hydrogen-bond donors (Lipinski definition) is 2. The SMILES string of the molecule is CC(C)COc1ccc(C(=O)NC(=S)Nc2cccc(C(=O)N3CCN(C)CC3)c2)cc1Br. The van der Waals surface area contributed by atoms with Gasteiger partial charge in [0.2, 0.25) is 0 Å². The minimum atomic E-state index is -0.340. The number of thiocarbonyl (C=S) groups is 1. The van der Waals surface area contributed by atoms with E-state index in [2.05, 4.69) is 52.4 Å². The van der Waals surface area contributed by atoms with Gasteiger partial charge in [0.1, 0.15) is 5.75 Å². The van der Waals surface area contributed by atoms with Crippen LogP contribution in [0.25, 0.3) is 0 Å². The highest BCUT2D eigenvalue weighted by Crippen LogP contribution is 2.26. The third-order valence-electron chi connectivity index (χ3n) is 5.15. The fraction of sp³-hybridized carbons (Fsp3) is 0.375. The lowest BCUT2D eigenvalue weighted by Gasteiger charge is -2.32. The van der Waals surface area contributed by atoms with Crippen LogP contribution in [0.2, 0.25) is 0 Å². The Balaban J connectivity index is 1.58. The molecule has 1 aliphatic rings. The lowest BCUT2D eigenvalue weighted by atomic mass is 10.1. The van der Waals surface area contributed by atoms with Crippen LogP contribution in [-0.4, -0.2) is 66.6 Å². The number of halogens is 1. The fourth-order valence-corrected chi connectivity index (χ4v) is 3.98. The number of amides is 2. The minimum Gasteiger partial charge on any atom is -0.492 e. The van der Waals surface area contributed by atoms with Gasteiger partial charge in [0, 0.05) is 43.0 Å². The van der Waals surface area contributed by atoms with Gasteiger partial charge in [0.15, 0.2) is 5.11 Å². The Labute approximate surface area is 208 Å². The normalized spacial score (nSPS) is 14.2. The standard InChI is InChI=1S/C24H29BrN4O3S/c1-16(2)15-32-21-8-7-17(14-20(21)25)22(30)27-24(33)26-19-6-4-5-18(13-19)23(31)29-11-9-28(3)10-12-29/h4-8,13-14,16H,9-12,15H2,1-3H3,(H2,26,27,30,33). The van der Waals surface area contributed by atoms with Gasteiger partial charge in [-0.05, 0) is 77.5 Å². The maximum atomic E-state index is 12.8. The Bertz CT molecular complexity index is 1020. The Morgan fingerprint density at radius 3 is 2.48 bits per heavy atom. The number of carbonyl (C=O) groups is 2. The van der Waals surface area contributed by atoms with Gasteiger partial charge in [0.05, 0.1) is 11.1 Å². The van der Waals surface area contributed by atoms with Crippen molar-refractivity contribution in [3.63, 3.8) is 0 Å². The molecule has 1 heterocycles. The Kier molecular flexibility index (Phi) is 8.82. The second-order valence-corrected chi connectivity index (χ2v) is 9.70. The number of hydrogen-bond acceptors (Lipinski definition) is 5. The van der Waals surface area contributed by atoms with Crippen LogP contribution in [-0.2, 0) is 0 Å². The predicted molar refractivity (Wildman–Crippen MR) is 138 cm³/mol. The van der Waals surface area contributed by atoms with Gasteiger partial charge in [-0.25, -0.2) is 0 Å². The molecule has 33 heavy (non-hydrogen) atoms. The molecule has 1 aliphatic heterocycles. The van der Waals surface area contributed by atoms with Crippen molar-refractivity contribution in [2.45, 2.75) is 13.8 Å². The van der Waals surface area contributed by atoms with Gasteiger partial charge in [-0.3, -0.25) is 14.9 Å². The molecule has 0 aliphatic carbocycles. The van der Waals surface area contributed by atoms with Crippen LogP contribution >= 0.6 is 28.1 Å². The lowest BCUT2D eigenvalue weighted by molar-refractivity contribution is 0.0664. The van der Waals surface area contributed by atoms with E-state index < -0.39 is 0 Å². The van der Waals surface area contributed by atoms with E-state index in [0.717, 1.165) is 13.1 Å². The number of likely N-dealkylation sites (N-methyl/N-ethyl adjacent to an activating group) is 1. The molecule has 2 aromatic rings. The van der Waals surface area contributed by atoms with E-state index in [4.69, 9.17) is 17.0 Å². The van der Waals surface area contributed by atoms with Gasteiger partial charge in [0.25, 0.3) is 11.8 Å². The van der Waals surface area contributed by atoms with Crippen LogP contribution in [0.15, 0.2) is 46.9 Å². The highest BCUT2D eigenvalue weighted by Gasteiger charge is 2.20. The molecule has 0 radical (unpaired) electrons. The molecular weight excluding hydrogens is 504 g/mol.